The van der Waals surface area contributed by atoms with Crippen LogP contribution in [-0.2, 0) is 15.3 Å². The van der Waals surface area contributed by atoms with E-state index < -0.39 is 5.92 Å². The monoisotopic (exact) mass is 465 g/mol. The highest BCUT2D eigenvalue weighted by Gasteiger charge is 2.41. The van der Waals surface area contributed by atoms with Gasteiger partial charge in [0, 0.05) is 35.8 Å². The molecule has 32 heavy (non-hydrogen) atoms. The zero-order chi connectivity index (χ0) is 22.1. The van der Waals surface area contributed by atoms with E-state index in [4.69, 9.17) is 0 Å². The summed E-state index contributed by atoms with van der Waals surface area (Å²) in [6.07, 6.45) is 1.71. The molecule has 5 nitrogen and oxygen atoms in total. The molecule has 1 aliphatic heterocycles. The molecule has 3 aromatic rings. The molecule has 0 fully saturated rings. The van der Waals surface area contributed by atoms with E-state index in [1.807, 2.05) is 18.2 Å². The molecule has 2 heterocycles. The first-order valence-electron chi connectivity index (χ1n) is 10.5. The molecule has 0 bridgehead atoms. The Morgan fingerprint density at radius 3 is 2.62 bits per heavy atom. The third kappa shape index (κ3) is 4.00. The Labute approximate surface area is 193 Å². The van der Waals surface area contributed by atoms with Crippen LogP contribution in [0.3, 0.4) is 0 Å². The van der Waals surface area contributed by atoms with E-state index in [2.05, 4.69) is 22.3 Å². The predicted octanol–water partition coefficient (Wildman–Crippen LogP) is 5.50. The van der Waals surface area contributed by atoms with E-state index in [-0.39, 0.29) is 23.9 Å². The summed E-state index contributed by atoms with van der Waals surface area (Å²) in [5.41, 5.74) is 2.79. The Bertz CT molecular complexity index is 1210. The maximum atomic E-state index is 14.6. The second-order valence-corrected chi connectivity index (χ2v) is 9.95. The van der Waals surface area contributed by atoms with Crippen LogP contribution in [0, 0.1) is 5.82 Å². The molecule has 2 aromatic carbocycles. The van der Waals surface area contributed by atoms with Crippen molar-refractivity contribution in [2.24, 2.45) is 0 Å². The van der Waals surface area contributed by atoms with Crippen molar-refractivity contribution in [3.8, 4) is 0 Å². The topological polar surface area (TPSA) is 63.2 Å². The van der Waals surface area contributed by atoms with Gasteiger partial charge in [-0.2, -0.15) is 0 Å². The molecule has 2 aliphatic rings. The number of allylic oxidation sites excluding steroid dienone is 2. The van der Waals surface area contributed by atoms with E-state index in [0.717, 1.165) is 10.1 Å². The average Bonchev–Trinajstić information content (AvgIpc) is 3.27. The van der Waals surface area contributed by atoms with Gasteiger partial charge in [0.1, 0.15) is 5.82 Å². The Hall–Kier alpha value is -2.84. The van der Waals surface area contributed by atoms with Crippen molar-refractivity contribution in [3.63, 3.8) is 0 Å². The lowest BCUT2D eigenvalue weighted by molar-refractivity contribution is -0.119. The van der Waals surface area contributed by atoms with Crippen molar-refractivity contribution in [1.82, 2.24) is 10.2 Å². The number of nitrogens with zero attached hydrogens (tertiary/aromatic N) is 3. The number of carbonyl (C=O) groups is 2. The van der Waals surface area contributed by atoms with Crippen LogP contribution in [0.15, 0.2) is 70.2 Å². The molecule has 5 rings (SSSR count). The van der Waals surface area contributed by atoms with Gasteiger partial charge < -0.3 is 0 Å². The van der Waals surface area contributed by atoms with Crippen LogP contribution in [0.1, 0.15) is 42.7 Å². The summed E-state index contributed by atoms with van der Waals surface area (Å²) in [6.45, 7) is 0. The number of hydrogen-bond donors (Lipinski definition) is 0. The fourth-order valence-electron chi connectivity index (χ4n) is 4.31. The van der Waals surface area contributed by atoms with Crippen LogP contribution in [0.25, 0.3) is 0 Å². The lowest BCUT2D eigenvalue weighted by Gasteiger charge is -2.36. The minimum atomic E-state index is -0.553. The van der Waals surface area contributed by atoms with Gasteiger partial charge >= 0.3 is 0 Å². The van der Waals surface area contributed by atoms with Gasteiger partial charge in [-0.25, -0.2) is 4.39 Å². The van der Waals surface area contributed by atoms with Crippen LogP contribution in [-0.4, -0.2) is 21.9 Å². The summed E-state index contributed by atoms with van der Waals surface area (Å²) >= 11 is 2.91. The third-order valence-corrected chi connectivity index (χ3v) is 7.86. The summed E-state index contributed by atoms with van der Waals surface area (Å²) in [7, 11) is 0. The van der Waals surface area contributed by atoms with E-state index >= 15 is 0 Å². The predicted molar refractivity (Wildman–Crippen MR) is 123 cm³/mol. The minimum Gasteiger partial charge on any atom is -0.294 e. The second-order valence-electron chi connectivity index (χ2n) is 7.77. The van der Waals surface area contributed by atoms with Crippen LogP contribution < -0.4 is 4.90 Å². The summed E-state index contributed by atoms with van der Waals surface area (Å²) in [5.74, 6) is -0.379. The first-order valence-corrected chi connectivity index (χ1v) is 12.3. The SMILES string of the molecule is O=C1CCCC2=C1[C@H](c1ccccc1F)CC(=O)N2c1nnc(SCc2ccccc2)s1. The Morgan fingerprint density at radius 1 is 1.03 bits per heavy atom. The lowest BCUT2D eigenvalue weighted by atomic mass is 9.77. The molecular formula is C24H20FN3O2S2. The van der Waals surface area contributed by atoms with Crippen molar-refractivity contribution in [1.29, 1.82) is 0 Å². The molecule has 0 N–H and O–H groups in total. The second kappa shape index (κ2) is 8.96. The molecule has 0 spiro atoms. The largest absolute Gasteiger partial charge is 0.294 e. The fraction of sp³-hybridized carbons (Fsp3) is 0.250. The fourth-order valence-corrected chi connectivity index (χ4v) is 6.15. The standard InChI is InChI=1S/C24H20FN3O2S2/c25-18-10-5-4-9-16(18)17-13-21(30)28(19-11-6-12-20(29)22(17)19)23-26-27-24(32-23)31-14-15-7-2-1-3-8-15/h1-5,7-10,17H,6,11-14H2/t17-/m0/s1. The van der Waals surface area contributed by atoms with Crippen LogP contribution in [0.5, 0.6) is 0 Å². The molecule has 1 amide bonds. The number of ketones is 1. The number of rotatable bonds is 5. The van der Waals surface area contributed by atoms with Gasteiger partial charge in [-0.15, -0.1) is 10.2 Å². The smallest absolute Gasteiger partial charge is 0.234 e. The summed E-state index contributed by atoms with van der Waals surface area (Å²) in [6, 6.07) is 16.5. The number of Topliss-reactive ketones (excluding diaryl/α,β-unsaturated/α-hetero) is 1. The number of benzene rings is 2. The van der Waals surface area contributed by atoms with E-state index in [9.17, 15) is 14.0 Å². The number of thioether (sulfide) groups is 1. The number of carbonyl (C=O) groups excluding carboxylic acids is 2. The van der Waals surface area contributed by atoms with E-state index in [1.54, 1.807) is 34.9 Å². The maximum Gasteiger partial charge on any atom is 0.234 e. The Morgan fingerprint density at radius 2 is 1.81 bits per heavy atom. The van der Waals surface area contributed by atoms with Crippen LogP contribution in [0.2, 0.25) is 0 Å². The lowest BCUT2D eigenvalue weighted by Crippen LogP contribution is -2.40. The normalized spacial score (nSPS) is 18.8. The molecule has 8 heteroatoms. The van der Waals surface area contributed by atoms with Crippen molar-refractivity contribution in [2.75, 3.05) is 4.90 Å². The van der Waals surface area contributed by atoms with Gasteiger partial charge in [0.2, 0.25) is 11.0 Å². The number of hydrogen-bond acceptors (Lipinski definition) is 6. The third-order valence-electron chi connectivity index (χ3n) is 5.75. The molecule has 1 aromatic heterocycles. The van der Waals surface area contributed by atoms with Crippen molar-refractivity contribution < 1.29 is 14.0 Å². The molecular weight excluding hydrogens is 445 g/mol. The highest BCUT2D eigenvalue weighted by molar-refractivity contribution is 8.00. The van der Waals surface area contributed by atoms with Crippen LogP contribution >= 0.6 is 23.1 Å². The average molecular weight is 466 g/mol. The Kier molecular flexibility index (Phi) is 5.89. The first kappa shape index (κ1) is 21.0. The molecule has 0 saturated carbocycles. The first-order chi connectivity index (χ1) is 15.6. The molecule has 162 valence electrons. The summed E-state index contributed by atoms with van der Waals surface area (Å²) in [5, 5.41) is 9.00. The number of aromatic nitrogens is 2. The van der Waals surface area contributed by atoms with Crippen molar-refractivity contribution in [3.05, 3.63) is 82.8 Å². The molecule has 1 aliphatic carbocycles. The minimum absolute atomic E-state index is 0.0137. The van der Waals surface area contributed by atoms with Gasteiger partial charge in [-0.3, -0.25) is 14.5 Å². The highest BCUT2D eigenvalue weighted by Crippen LogP contribution is 2.45. The molecule has 0 unspecified atom stereocenters. The molecule has 1 atom stereocenters. The number of anilines is 1. The summed E-state index contributed by atoms with van der Waals surface area (Å²) in [4.78, 5) is 27.7. The van der Waals surface area contributed by atoms with Gasteiger partial charge in [0.15, 0.2) is 10.1 Å². The van der Waals surface area contributed by atoms with Crippen molar-refractivity contribution >= 4 is 39.9 Å². The van der Waals surface area contributed by atoms with Gasteiger partial charge in [-0.05, 0) is 30.0 Å². The molecule has 0 radical (unpaired) electrons. The van der Waals surface area contributed by atoms with Crippen LogP contribution in [0.4, 0.5) is 9.52 Å². The molecule has 0 saturated heterocycles. The van der Waals surface area contributed by atoms with E-state index in [0.29, 0.717) is 41.2 Å². The number of amides is 1. The van der Waals surface area contributed by atoms with E-state index in [1.165, 1.54) is 23.0 Å². The maximum absolute atomic E-state index is 14.6. The zero-order valence-electron chi connectivity index (χ0n) is 17.2. The zero-order valence-corrected chi connectivity index (χ0v) is 18.8. The van der Waals surface area contributed by atoms with Crippen molar-refractivity contribution in [2.45, 2.75) is 41.7 Å². The highest BCUT2D eigenvalue weighted by atomic mass is 32.2. The van der Waals surface area contributed by atoms with Gasteiger partial charge in [0.25, 0.3) is 0 Å². The number of halogens is 1. The van der Waals surface area contributed by atoms with Gasteiger partial charge in [-0.1, -0.05) is 71.6 Å². The quantitative estimate of drug-likeness (QED) is 0.368. The summed E-state index contributed by atoms with van der Waals surface area (Å²) < 4.78 is 15.3. The van der Waals surface area contributed by atoms with Gasteiger partial charge in [0.05, 0.1) is 0 Å². The Balaban J connectivity index is 1.47.